The quantitative estimate of drug-likeness (QED) is 0.725. The van der Waals surface area contributed by atoms with E-state index in [9.17, 15) is 5.11 Å². The Bertz CT molecular complexity index is 323. The van der Waals surface area contributed by atoms with Crippen LogP contribution in [0.25, 0.3) is 0 Å². The van der Waals surface area contributed by atoms with Gasteiger partial charge in [-0.1, -0.05) is 27.7 Å². The van der Waals surface area contributed by atoms with Gasteiger partial charge < -0.3 is 15.2 Å². The monoisotopic (exact) mass is 287 g/mol. The van der Waals surface area contributed by atoms with Crippen LogP contribution >= 0.6 is 11.7 Å². The molecule has 0 aliphatic heterocycles. The van der Waals surface area contributed by atoms with Gasteiger partial charge in [0.1, 0.15) is 18.9 Å². The number of nitrogens with zero attached hydrogens (tertiary/aromatic N) is 2. The molecule has 6 heteroatoms. The predicted octanol–water partition coefficient (Wildman–Crippen LogP) is 1.80. The first-order valence-electron chi connectivity index (χ1n) is 6.79. The summed E-state index contributed by atoms with van der Waals surface area (Å²) in [6, 6.07) is 0. The van der Waals surface area contributed by atoms with Crippen LogP contribution in [0.2, 0.25) is 0 Å². The van der Waals surface area contributed by atoms with E-state index in [1.165, 1.54) is 0 Å². The minimum Gasteiger partial charge on any atom is -0.473 e. The van der Waals surface area contributed by atoms with Crippen molar-refractivity contribution in [1.29, 1.82) is 0 Å². The minimum atomic E-state index is -0.526. The molecule has 5 nitrogen and oxygen atoms in total. The normalized spacial score (nSPS) is 13.5. The summed E-state index contributed by atoms with van der Waals surface area (Å²) in [6.07, 6.45) is 1.03. The van der Waals surface area contributed by atoms with Crippen molar-refractivity contribution in [3.63, 3.8) is 0 Å². The first-order valence-corrected chi connectivity index (χ1v) is 7.52. The second kappa shape index (κ2) is 8.45. The van der Waals surface area contributed by atoms with Crippen LogP contribution in [0.1, 0.15) is 27.7 Å². The SMILES string of the molecule is CC(C)C(CNCC(O)COc1cnsn1)C(C)C. The summed E-state index contributed by atoms with van der Waals surface area (Å²) in [7, 11) is 0. The largest absolute Gasteiger partial charge is 0.473 e. The van der Waals surface area contributed by atoms with Gasteiger partial charge in [0, 0.05) is 6.54 Å². The summed E-state index contributed by atoms with van der Waals surface area (Å²) in [5.74, 6) is 2.38. The molecule has 0 bridgehead atoms. The van der Waals surface area contributed by atoms with Crippen molar-refractivity contribution in [1.82, 2.24) is 14.1 Å². The molecule has 1 unspecified atom stereocenters. The van der Waals surface area contributed by atoms with Crippen molar-refractivity contribution in [2.45, 2.75) is 33.8 Å². The van der Waals surface area contributed by atoms with Gasteiger partial charge in [0.05, 0.1) is 11.7 Å². The molecule has 1 aromatic rings. The first-order chi connectivity index (χ1) is 9.00. The highest BCUT2D eigenvalue weighted by molar-refractivity contribution is 6.99. The molecule has 0 aliphatic carbocycles. The summed E-state index contributed by atoms with van der Waals surface area (Å²) in [6.45, 7) is 10.6. The zero-order valence-corrected chi connectivity index (χ0v) is 13.0. The van der Waals surface area contributed by atoms with E-state index in [0.29, 0.717) is 30.2 Å². The number of hydrogen-bond donors (Lipinski definition) is 2. The number of aliphatic hydroxyl groups excluding tert-OH is 1. The van der Waals surface area contributed by atoms with Crippen LogP contribution < -0.4 is 10.1 Å². The third-order valence-electron chi connectivity index (χ3n) is 3.24. The first kappa shape index (κ1) is 16.3. The van der Waals surface area contributed by atoms with E-state index in [4.69, 9.17) is 4.74 Å². The summed E-state index contributed by atoms with van der Waals surface area (Å²) in [4.78, 5) is 0. The van der Waals surface area contributed by atoms with Gasteiger partial charge in [-0.05, 0) is 24.3 Å². The number of aliphatic hydroxyl groups is 1. The lowest BCUT2D eigenvalue weighted by Gasteiger charge is -2.25. The minimum absolute atomic E-state index is 0.242. The fraction of sp³-hybridized carbons (Fsp3) is 0.846. The molecule has 19 heavy (non-hydrogen) atoms. The van der Waals surface area contributed by atoms with Crippen molar-refractivity contribution in [2.24, 2.45) is 17.8 Å². The van der Waals surface area contributed by atoms with Crippen molar-refractivity contribution in [3.05, 3.63) is 6.20 Å². The Morgan fingerprint density at radius 1 is 1.26 bits per heavy atom. The second-order valence-corrected chi connectivity index (χ2v) is 6.08. The highest BCUT2D eigenvalue weighted by Crippen LogP contribution is 2.19. The molecule has 110 valence electrons. The summed E-state index contributed by atoms with van der Waals surface area (Å²) >= 11 is 1.10. The van der Waals surface area contributed by atoms with Crippen LogP contribution in [0.4, 0.5) is 0 Å². The highest BCUT2D eigenvalue weighted by atomic mass is 32.1. The fourth-order valence-corrected chi connectivity index (χ4v) is 2.48. The molecule has 2 N–H and O–H groups in total. The third-order valence-corrected chi connectivity index (χ3v) is 3.70. The Morgan fingerprint density at radius 3 is 2.47 bits per heavy atom. The van der Waals surface area contributed by atoms with E-state index in [-0.39, 0.29) is 6.61 Å². The lowest BCUT2D eigenvalue weighted by Crippen LogP contribution is -2.36. The van der Waals surface area contributed by atoms with Gasteiger partial charge in [0.15, 0.2) is 0 Å². The van der Waals surface area contributed by atoms with Gasteiger partial charge in [0.25, 0.3) is 0 Å². The Balaban J connectivity index is 2.17. The molecule has 0 saturated carbocycles. The van der Waals surface area contributed by atoms with Crippen LogP contribution in [0, 0.1) is 17.8 Å². The van der Waals surface area contributed by atoms with Crippen molar-refractivity contribution in [2.75, 3.05) is 19.7 Å². The maximum Gasteiger partial charge on any atom is 0.245 e. The van der Waals surface area contributed by atoms with Gasteiger partial charge in [-0.15, -0.1) is 4.37 Å². The average molecular weight is 287 g/mol. The van der Waals surface area contributed by atoms with E-state index in [1.807, 2.05) is 0 Å². The summed E-state index contributed by atoms with van der Waals surface area (Å²) < 4.78 is 13.1. The van der Waals surface area contributed by atoms with Crippen molar-refractivity contribution >= 4 is 11.7 Å². The van der Waals surface area contributed by atoms with Gasteiger partial charge in [-0.25, -0.2) is 0 Å². The molecule has 0 saturated heterocycles. The molecule has 1 heterocycles. The van der Waals surface area contributed by atoms with E-state index >= 15 is 0 Å². The average Bonchev–Trinajstić information content (AvgIpc) is 2.84. The van der Waals surface area contributed by atoms with Crippen molar-refractivity contribution < 1.29 is 9.84 Å². The van der Waals surface area contributed by atoms with E-state index in [0.717, 1.165) is 18.3 Å². The van der Waals surface area contributed by atoms with Crippen LogP contribution in [-0.4, -0.2) is 39.7 Å². The number of rotatable bonds is 9. The van der Waals surface area contributed by atoms with Gasteiger partial charge in [-0.2, -0.15) is 4.37 Å². The Morgan fingerprint density at radius 2 is 1.95 bits per heavy atom. The predicted molar refractivity (Wildman–Crippen MR) is 77.4 cm³/mol. The molecule has 0 spiro atoms. The zero-order chi connectivity index (χ0) is 14.3. The van der Waals surface area contributed by atoms with Crippen LogP contribution in [-0.2, 0) is 0 Å². The maximum atomic E-state index is 9.81. The van der Waals surface area contributed by atoms with Crippen molar-refractivity contribution in [3.8, 4) is 5.88 Å². The Kier molecular flexibility index (Phi) is 7.27. The Hall–Kier alpha value is -0.720. The van der Waals surface area contributed by atoms with E-state index in [2.05, 4.69) is 41.8 Å². The summed E-state index contributed by atoms with van der Waals surface area (Å²) in [5.41, 5.74) is 0. The molecule has 1 atom stereocenters. The molecule has 0 aromatic carbocycles. The maximum absolute atomic E-state index is 9.81. The van der Waals surface area contributed by atoms with Gasteiger partial charge in [0.2, 0.25) is 5.88 Å². The number of ether oxygens (including phenoxy) is 1. The third kappa shape index (κ3) is 6.31. The topological polar surface area (TPSA) is 67.3 Å². The summed E-state index contributed by atoms with van der Waals surface area (Å²) in [5, 5.41) is 13.1. The lowest BCUT2D eigenvalue weighted by molar-refractivity contribution is 0.101. The zero-order valence-electron chi connectivity index (χ0n) is 12.2. The molecule has 0 amide bonds. The fourth-order valence-electron chi connectivity index (χ4n) is 2.12. The smallest absolute Gasteiger partial charge is 0.245 e. The van der Waals surface area contributed by atoms with E-state index < -0.39 is 6.10 Å². The highest BCUT2D eigenvalue weighted by Gasteiger charge is 2.17. The second-order valence-electron chi connectivity index (χ2n) is 5.52. The Labute approximate surface area is 119 Å². The molecule has 0 aliphatic rings. The number of hydrogen-bond acceptors (Lipinski definition) is 6. The van der Waals surface area contributed by atoms with E-state index in [1.54, 1.807) is 6.20 Å². The van der Waals surface area contributed by atoms with Crippen LogP contribution in [0.3, 0.4) is 0 Å². The molecular formula is C13H25N3O2S. The molecule has 0 radical (unpaired) electrons. The van der Waals surface area contributed by atoms with Gasteiger partial charge in [-0.3, -0.25) is 0 Å². The molecule has 1 aromatic heterocycles. The molecule has 1 rings (SSSR count). The standard InChI is InChI=1S/C13H25N3O2S/c1-9(2)12(10(3)4)6-14-5-11(17)8-18-13-7-15-19-16-13/h7,9-12,14,17H,5-6,8H2,1-4H3. The molecular weight excluding hydrogens is 262 g/mol. The number of aromatic nitrogens is 2. The van der Waals surface area contributed by atoms with Crippen LogP contribution in [0.15, 0.2) is 6.20 Å². The van der Waals surface area contributed by atoms with Crippen LogP contribution in [0.5, 0.6) is 5.88 Å². The van der Waals surface area contributed by atoms with Gasteiger partial charge >= 0.3 is 0 Å². The molecule has 0 fully saturated rings. The number of nitrogens with one attached hydrogen (secondary N) is 1. The lowest BCUT2D eigenvalue weighted by atomic mass is 9.85.